The number of nitrogens with zero attached hydrogens (tertiary/aromatic N) is 11. The van der Waals surface area contributed by atoms with Gasteiger partial charge in [0.1, 0.15) is 59.8 Å². The molecule has 0 spiro atoms. The molecule has 0 atom stereocenters. The van der Waals surface area contributed by atoms with Crippen LogP contribution in [0.3, 0.4) is 0 Å². The van der Waals surface area contributed by atoms with E-state index in [-0.39, 0.29) is 59.8 Å². The van der Waals surface area contributed by atoms with Gasteiger partial charge < -0.3 is 54.2 Å². The van der Waals surface area contributed by atoms with E-state index in [2.05, 4.69) is 59.9 Å². The van der Waals surface area contributed by atoms with Crippen molar-refractivity contribution in [1.29, 1.82) is 0 Å². The molecule has 0 radical (unpaired) electrons. The maximum atomic E-state index is 12.5. The van der Waals surface area contributed by atoms with E-state index in [1.165, 1.54) is 56.2 Å². The van der Waals surface area contributed by atoms with Gasteiger partial charge in [-0.15, -0.1) is 0 Å². The number of methoxy groups -OCH3 is 1. The third kappa shape index (κ3) is 18.3. The Hall–Kier alpha value is -5.91. The monoisotopic (exact) mass is 854 g/mol. The second-order valence-corrected chi connectivity index (χ2v) is 13.0. The summed E-state index contributed by atoms with van der Waals surface area (Å²) in [5.41, 5.74) is 6.66. The molecule has 2 N–H and O–H groups in total. The molecule has 3 heterocycles. The van der Waals surface area contributed by atoms with E-state index in [1.54, 1.807) is 35.5 Å². The first-order valence-electron chi connectivity index (χ1n) is 19.0. The van der Waals surface area contributed by atoms with Gasteiger partial charge in [-0.2, -0.15) is 0 Å². The van der Waals surface area contributed by atoms with Gasteiger partial charge >= 0.3 is 5.97 Å². The van der Waals surface area contributed by atoms with Crippen LogP contribution in [-0.4, -0.2) is 217 Å². The van der Waals surface area contributed by atoms with Crippen molar-refractivity contribution in [3.8, 4) is 0 Å². The SMILES string of the molecule is CON=C(C)C(=NOC)C(=O)N1CCCCC1.CON=C(C)C(=NOC)C(=O)N1CCN(CC(=O)OC)CC1.CON=C(C)C(=NOC)C(=O)N1CCN(CC(N)=O)CC1. The molecule has 3 aliphatic rings. The van der Waals surface area contributed by atoms with E-state index in [0.29, 0.717) is 69.5 Å². The number of hydrogen-bond donors (Lipinski definition) is 1. The fourth-order valence-electron chi connectivity index (χ4n) is 5.83. The Morgan fingerprint density at radius 3 is 1.02 bits per heavy atom. The molecule has 3 rings (SSSR count). The van der Waals surface area contributed by atoms with Gasteiger partial charge in [-0.1, -0.05) is 30.9 Å². The third-order valence-electron chi connectivity index (χ3n) is 8.79. The van der Waals surface area contributed by atoms with Gasteiger partial charge in [-0.3, -0.25) is 33.8 Å². The maximum absolute atomic E-state index is 12.5. The minimum Gasteiger partial charge on any atom is -0.468 e. The van der Waals surface area contributed by atoms with Crippen LogP contribution in [0.5, 0.6) is 0 Å². The summed E-state index contributed by atoms with van der Waals surface area (Å²) in [6.45, 7) is 11.1. The van der Waals surface area contributed by atoms with Gasteiger partial charge in [0, 0.05) is 65.4 Å². The minimum absolute atomic E-state index is 0.0997. The van der Waals surface area contributed by atoms with Crippen LogP contribution in [0.15, 0.2) is 30.9 Å². The molecule has 3 aliphatic heterocycles. The Balaban J connectivity index is 0.000000454. The van der Waals surface area contributed by atoms with E-state index in [0.717, 1.165) is 25.9 Å². The Bertz CT molecular complexity index is 1580. The number of likely N-dealkylation sites (tertiary alicyclic amines) is 1. The van der Waals surface area contributed by atoms with Crippen LogP contribution in [0.1, 0.15) is 40.0 Å². The number of rotatable bonds is 16. The number of carbonyl (C=O) groups excluding carboxylic acids is 5. The van der Waals surface area contributed by atoms with Gasteiger partial charge in [0.05, 0.1) is 20.2 Å². The Labute approximate surface area is 350 Å². The fourth-order valence-corrected chi connectivity index (χ4v) is 5.83. The van der Waals surface area contributed by atoms with Crippen LogP contribution in [0.25, 0.3) is 0 Å². The normalized spacial score (nSPS) is 17.5. The van der Waals surface area contributed by atoms with Crippen LogP contribution in [0, 0.1) is 0 Å². The number of piperidine rings is 1. The minimum atomic E-state index is -0.375. The lowest BCUT2D eigenvalue weighted by molar-refractivity contribution is -0.142. The number of esters is 1. The number of piperazine rings is 2. The molecule has 4 amide bonds. The summed E-state index contributed by atoms with van der Waals surface area (Å²) >= 11 is 0. The Morgan fingerprint density at radius 1 is 0.433 bits per heavy atom. The molecule has 338 valence electrons. The average Bonchev–Trinajstić information content (AvgIpc) is 3.24. The molecule has 60 heavy (non-hydrogen) atoms. The molecule has 24 heteroatoms. The van der Waals surface area contributed by atoms with Crippen molar-refractivity contribution in [2.75, 3.05) is 128 Å². The van der Waals surface area contributed by atoms with Crippen LogP contribution >= 0.6 is 0 Å². The summed E-state index contributed by atoms with van der Waals surface area (Å²) in [5, 5.41) is 22.3. The van der Waals surface area contributed by atoms with Gasteiger partial charge in [-0.25, -0.2) is 0 Å². The van der Waals surface area contributed by atoms with Gasteiger partial charge in [-0.05, 0) is 40.0 Å². The van der Waals surface area contributed by atoms with Gasteiger partial charge in [0.25, 0.3) is 17.7 Å². The summed E-state index contributed by atoms with van der Waals surface area (Å²) in [6.07, 6.45) is 3.24. The zero-order chi connectivity index (χ0) is 45.0. The quantitative estimate of drug-likeness (QED) is 0.111. The molecule has 24 nitrogen and oxygen atoms in total. The second-order valence-electron chi connectivity index (χ2n) is 13.0. The molecule has 0 bridgehead atoms. The predicted molar refractivity (Wildman–Crippen MR) is 221 cm³/mol. The first-order valence-corrected chi connectivity index (χ1v) is 19.0. The summed E-state index contributed by atoms with van der Waals surface area (Å²) in [5.74, 6) is -1.37. The molecule has 3 saturated heterocycles. The van der Waals surface area contributed by atoms with Crippen LogP contribution in [0.4, 0.5) is 0 Å². The lowest BCUT2D eigenvalue weighted by atomic mass is 10.1. The summed E-state index contributed by atoms with van der Waals surface area (Å²) in [4.78, 5) is 96.1. The number of nitrogens with two attached hydrogens (primary N) is 1. The molecule has 0 aliphatic carbocycles. The zero-order valence-corrected chi connectivity index (χ0v) is 36.5. The van der Waals surface area contributed by atoms with Crippen LogP contribution < -0.4 is 5.73 Å². The highest BCUT2D eigenvalue weighted by Gasteiger charge is 2.29. The molecule has 0 aromatic rings. The highest BCUT2D eigenvalue weighted by molar-refractivity contribution is 6.67. The van der Waals surface area contributed by atoms with Crippen molar-refractivity contribution in [1.82, 2.24) is 24.5 Å². The molecule has 0 aromatic carbocycles. The number of carbonyl (C=O) groups is 5. The Kier molecular flexibility index (Phi) is 25.5. The van der Waals surface area contributed by atoms with Gasteiger partial charge in [0.15, 0.2) is 17.1 Å². The van der Waals surface area contributed by atoms with Crippen molar-refractivity contribution < 1.29 is 57.7 Å². The number of ether oxygens (including phenoxy) is 1. The number of oxime groups is 6. The van der Waals surface area contributed by atoms with E-state index in [1.807, 2.05) is 9.80 Å². The van der Waals surface area contributed by atoms with Crippen molar-refractivity contribution >= 4 is 63.9 Å². The molecular formula is C36H62N12O12. The van der Waals surface area contributed by atoms with Gasteiger partial charge in [0.2, 0.25) is 5.91 Å². The highest BCUT2D eigenvalue weighted by atomic mass is 16.6. The number of hydrogen-bond acceptors (Lipinski definition) is 20. The molecule has 0 aromatic heterocycles. The molecule has 3 fully saturated rings. The van der Waals surface area contributed by atoms with Crippen molar-refractivity contribution in [3.63, 3.8) is 0 Å². The van der Waals surface area contributed by atoms with Crippen molar-refractivity contribution in [3.05, 3.63) is 0 Å². The highest BCUT2D eigenvalue weighted by Crippen LogP contribution is 2.10. The largest absolute Gasteiger partial charge is 0.468 e. The van der Waals surface area contributed by atoms with Crippen molar-refractivity contribution in [2.24, 2.45) is 36.7 Å². The van der Waals surface area contributed by atoms with Crippen LogP contribution in [-0.2, 0) is 57.7 Å². The van der Waals surface area contributed by atoms with Crippen molar-refractivity contribution in [2.45, 2.75) is 40.0 Å². The fraction of sp³-hybridized carbons (Fsp3) is 0.694. The predicted octanol–water partition coefficient (Wildman–Crippen LogP) is -1.01. The lowest BCUT2D eigenvalue weighted by Crippen LogP contribution is -2.52. The van der Waals surface area contributed by atoms with E-state index in [4.69, 9.17) is 10.6 Å². The summed E-state index contributed by atoms with van der Waals surface area (Å²) < 4.78 is 4.63. The summed E-state index contributed by atoms with van der Waals surface area (Å²) in [6, 6.07) is 0. The van der Waals surface area contributed by atoms with E-state index in [9.17, 15) is 24.0 Å². The first kappa shape index (κ1) is 52.1. The molecule has 0 unspecified atom stereocenters. The Morgan fingerprint density at radius 2 is 0.733 bits per heavy atom. The van der Waals surface area contributed by atoms with E-state index < -0.39 is 0 Å². The lowest BCUT2D eigenvalue weighted by Gasteiger charge is -2.34. The molecule has 0 saturated carbocycles. The number of primary amides is 1. The first-order chi connectivity index (χ1) is 28.7. The maximum Gasteiger partial charge on any atom is 0.319 e. The summed E-state index contributed by atoms with van der Waals surface area (Å²) in [7, 11) is 9.70. The smallest absolute Gasteiger partial charge is 0.319 e. The average molecular weight is 855 g/mol. The second kappa shape index (κ2) is 29.3. The zero-order valence-electron chi connectivity index (χ0n) is 36.5. The molecular weight excluding hydrogens is 792 g/mol. The van der Waals surface area contributed by atoms with Crippen LogP contribution in [0.2, 0.25) is 0 Å². The standard InChI is InChI=1S/C13H22N4O5.C12H21N5O4.C11H19N3O3/c1-10(14-21-3)12(15-22-4)13(19)17-7-5-16(6-8-17)9-11(18)20-2;1-9(14-20-2)11(15-21-3)12(19)17-6-4-16(5-7-17)8-10(13)18;1-9(12-16-2)10(13-17-3)11(15)14-7-5-4-6-8-14/h5-9H2,1-4H3;4-8H2,1-3H3,(H2,13,18);4-8H2,1-3H3. The van der Waals surface area contributed by atoms with E-state index >= 15 is 0 Å². The topological polar surface area (TPSA) is 266 Å². The third-order valence-corrected chi connectivity index (χ3v) is 8.79. The number of amides is 4.